The molecule has 0 bridgehead atoms. The predicted molar refractivity (Wildman–Crippen MR) is 65.9 cm³/mol. The molecule has 0 heterocycles. The van der Waals surface area contributed by atoms with Gasteiger partial charge < -0.3 is 10.2 Å². The van der Waals surface area contributed by atoms with Crippen LogP contribution in [-0.4, -0.2) is 32.1 Å². The summed E-state index contributed by atoms with van der Waals surface area (Å²) in [6.07, 6.45) is 0.751. The van der Waals surface area contributed by atoms with Gasteiger partial charge in [0.05, 0.1) is 0 Å². The van der Waals surface area contributed by atoms with E-state index in [1.807, 2.05) is 25.9 Å². The normalized spacial score (nSPS) is 13.1. The third kappa shape index (κ3) is 4.06. The quantitative estimate of drug-likeness (QED) is 0.824. The van der Waals surface area contributed by atoms with Crippen LogP contribution >= 0.6 is 0 Å². The molecule has 0 fully saturated rings. The Morgan fingerprint density at radius 3 is 2.59 bits per heavy atom. The Morgan fingerprint density at radius 2 is 2.00 bits per heavy atom. The molecule has 96 valence electrons. The maximum absolute atomic E-state index is 13.7. The van der Waals surface area contributed by atoms with Crippen molar-refractivity contribution >= 4 is 0 Å². The summed E-state index contributed by atoms with van der Waals surface area (Å²) in [6.45, 7) is 3.52. The van der Waals surface area contributed by atoms with E-state index in [1.54, 1.807) is 12.1 Å². The molecular formula is C13H20F2N2. The molecule has 1 rings (SSSR count). The Morgan fingerprint density at radius 1 is 1.29 bits per heavy atom. The monoisotopic (exact) mass is 242 g/mol. The van der Waals surface area contributed by atoms with Crippen molar-refractivity contribution in [1.29, 1.82) is 0 Å². The average molecular weight is 242 g/mol. The number of rotatable bonds is 6. The number of benzene rings is 1. The molecule has 0 radical (unpaired) electrons. The van der Waals surface area contributed by atoms with Gasteiger partial charge in [0.1, 0.15) is 0 Å². The molecule has 17 heavy (non-hydrogen) atoms. The number of hydrogen-bond donors (Lipinski definition) is 1. The van der Waals surface area contributed by atoms with E-state index in [0.717, 1.165) is 25.6 Å². The first-order valence-electron chi connectivity index (χ1n) is 5.88. The van der Waals surface area contributed by atoms with Gasteiger partial charge in [0.2, 0.25) is 0 Å². The van der Waals surface area contributed by atoms with Crippen molar-refractivity contribution in [3.63, 3.8) is 0 Å². The van der Waals surface area contributed by atoms with Gasteiger partial charge in [-0.3, -0.25) is 0 Å². The van der Waals surface area contributed by atoms with Gasteiger partial charge in [0, 0.05) is 11.6 Å². The van der Waals surface area contributed by atoms with Gasteiger partial charge in [-0.1, -0.05) is 19.1 Å². The van der Waals surface area contributed by atoms with E-state index < -0.39 is 11.6 Å². The van der Waals surface area contributed by atoms with Crippen LogP contribution in [0.25, 0.3) is 0 Å². The minimum absolute atomic E-state index is 0.141. The van der Waals surface area contributed by atoms with E-state index in [0.29, 0.717) is 5.56 Å². The second-order valence-corrected chi connectivity index (χ2v) is 4.35. The van der Waals surface area contributed by atoms with Crippen molar-refractivity contribution in [2.75, 3.05) is 27.2 Å². The lowest BCUT2D eigenvalue weighted by Gasteiger charge is -2.21. The van der Waals surface area contributed by atoms with Gasteiger partial charge in [-0.05, 0) is 39.7 Å². The van der Waals surface area contributed by atoms with E-state index >= 15 is 0 Å². The molecule has 0 amide bonds. The van der Waals surface area contributed by atoms with Crippen molar-refractivity contribution in [3.05, 3.63) is 35.4 Å². The molecule has 0 aliphatic rings. The highest BCUT2D eigenvalue weighted by Gasteiger charge is 2.17. The van der Waals surface area contributed by atoms with Crippen LogP contribution < -0.4 is 5.32 Å². The molecule has 0 saturated carbocycles. The van der Waals surface area contributed by atoms with E-state index in [4.69, 9.17) is 0 Å². The van der Waals surface area contributed by atoms with E-state index in [2.05, 4.69) is 5.32 Å². The lowest BCUT2D eigenvalue weighted by Crippen LogP contribution is -2.26. The molecule has 0 aromatic heterocycles. The van der Waals surface area contributed by atoms with Gasteiger partial charge in [0.15, 0.2) is 11.6 Å². The summed E-state index contributed by atoms with van der Waals surface area (Å²) in [6, 6.07) is 4.20. The minimum Gasteiger partial charge on any atom is -0.310 e. The fourth-order valence-corrected chi connectivity index (χ4v) is 1.79. The summed E-state index contributed by atoms with van der Waals surface area (Å²) in [4.78, 5) is 2.03. The van der Waals surface area contributed by atoms with Crippen molar-refractivity contribution in [2.45, 2.75) is 19.4 Å². The molecule has 0 aliphatic heterocycles. The number of nitrogens with zero attached hydrogens (tertiary/aromatic N) is 1. The number of nitrogens with one attached hydrogen (secondary N) is 1. The van der Waals surface area contributed by atoms with Crippen LogP contribution in [0.4, 0.5) is 8.78 Å². The Kier molecular flexibility index (Phi) is 5.51. The van der Waals surface area contributed by atoms with E-state index in [9.17, 15) is 8.78 Å². The first-order chi connectivity index (χ1) is 8.06. The SMILES string of the molecule is CCNC(CCN(C)C)c1cccc(F)c1F. The molecule has 1 N–H and O–H groups in total. The second kappa shape index (κ2) is 6.67. The summed E-state index contributed by atoms with van der Waals surface area (Å²) in [7, 11) is 3.93. The van der Waals surface area contributed by atoms with Crippen LogP contribution in [-0.2, 0) is 0 Å². The van der Waals surface area contributed by atoms with Crippen LogP contribution in [0, 0.1) is 11.6 Å². The zero-order valence-electron chi connectivity index (χ0n) is 10.6. The molecule has 2 nitrogen and oxygen atoms in total. The molecule has 1 atom stereocenters. The number of halogens is 2. The van der Waals surface area contributed by atoms with Crippen molar-refractivity contribution in [2.24, 2.45) is 0 Å². The van der Waals surface area contributed by atoms with Crippen LogP contribution in [0.2, 0.25) is 0 Å². The van der Waals surface area contributed by atoms with Gasteiger partial charge >= 0.3 is 0 Å². The molecule has 1 aromatic rings. The highest BCUT2D eigenvalue weighted by Crippen LogP contribution is 2.22. The van der Waals surface area contributed by atoms with Gasteiger partial charge in [-0.15, -0.1) is 0 Å². The molecule has 0 aliphatic carbocycles. The average Bonchev–Trinajstić information content (AvgIpc) is 2.28. The third-order valence-corrected chi connectivity index (χ3v) is 2.67. The van der Waals surface area contributed by atoms with Crippen molar-refractivity contribution < 1.29 is 8.78 Å². The fourth-order valence-electron chi connectivity index (χ4n) is 1.79. The molecular weight excluding hydrogens is 222 g/mol. The first kappa shape index (κ1) is 14.1. The first-order valence-corrected chi connectivity index (χ1v) is 5.88. The topological polar surface area (TPSA) is 15.3 Å². The molecule has 0 saturated heterocycles. The van der Waals surface area contributed by atoms with Gasteiger partial charge in [-0.2, -0.15) is 0 Å². The highest BCUT2D eigenvalue weighted by atomic mass is 19.2. The lowest BCUT2D eigenvalue weighted by molar-refractivity contribution is 0.356. The zero-order chi connectivity index (χ0) is 12.8. The molecule has 1 aromatic carbocycles. The van der Waals surface area contributed by atoms with Crippen molar-refractivity contribution in [3.8, 4) is 0 Å². The van der Waals surface area contributed by atoms with E-state index in [1.165, 1.54) is 0 Å². The van der Waals surface area contributed by atoms with Crippen molar-refractivity contribution in [1.82, 2.24) is 10.2 Å². The number of hydrogen-bond acceptors (Lipinski definition) is 2. The van der Waals surface area contributed by atoms with E-state index in [-0.39, 0.29) is 6.04 Å². The zero-order valence-corrected chi connectivity index (χ0v) is 10.6. The standard InChI is InChI=1S/C13H20F2N2/c1-4-16-12(8-9-17(2)3)10-6-5-7-11(14)13(10)15/h5-7,12,16H,4,8-9H2,1-3H3. The van der Waals surface area contributed by atoms with Crippen LogP contribution in [0.5, 0.6) is 0 Å². The highest BCUT2D eigenvalue weighted by molar-refractivity contribution is 5.22. The maximum Gasteiger partial charge on any atom is 0.163 e. The summed E-state index contributed by atoms with van der Waals surface area (Å²) in [5, 5.41) is 3.19. The summed E-state index contributed by atoms with van der Waals surface area (Å²) >= 11 is 0. The van der Waals surface area contributed by atoms with Crippen LogP contribution in [0.15, 0.2) is 18.2 Å². The molecule has 0 spiro atoms. The van der Waals surface area contributed by atoms with Gasteiger partial charge in [-0.25, -0.2) is 8.78 Å². The van der Waals surface area contributed by atoms with Crippen LogP contribution in [0.3, 0.4) is 0 Å². The maximum atomic E-state index is 13.7. The Labute approximate surface area is 102 Å². The van der Waals surface area contributed by atoms with Crippen LogP contribution in [0.1, 0.15) is 24.9 Å². The lowest BCUT2D eigenvalue weighted by atomic mass is 10.0. The molecule has 1 unspecified atom stereocenters. The Bertz CT molecular complexity index is 353. The largest absolute Gasteiger partial charge is 0.310 e. The summed E-state index contributed by atoms with van der Waals surface area (Å²) < 4.78 is 26.8. The fraction of sp³-hybridized carbons (Fsp3) is 0.538. The molecule has 4 heteroatoms. The minimum atomic E-state index is -0.782. The summed E-state index contributed by atoms with van der Waals surface area (Å²) in [5.74, 6) is -1.52. The second-order valence-electron chi connectivity index (χ2n) is 4.35. The smallest absolute Gasteiger partial charge is 0.163 e. The Balaban J connectivity index is 2.85. The predicted octanol–water partition coefficient (Wildman–Crippen LogP) is 2.57. The third-order valence-electron chi connectivity index (χ3n) is 2.67. The summed E-state index contributed by atoms with van der Waals surface area (Å²) in [5.41, 5.74) is 0.411. The Hall–Kier alpha value is -1.00. The van der Waals surface area contributed by atoms with Gasteiger partial charge in [0.25, 0.3) is 0 Å².